The monoisotopic (exact) mass is 324 g/mol. The predicted octanol–water partition coefficient (Wildman–Crippen LogP) is 1.72. The molecule has 1 heterocycles. The fourth-order valence-electron chi connectivity index (χ4n) is 2.57. The van der Waals surface area contributed by atoms with Gasteiger partial charge in [-0.05, 0) is 36.4 Å². The van der Waals surface area contributed by atoms with Crippen LogP contribution in [-0.4, -0.2) is 42.8 Å². The molecule has 0 spiro atoms. The van der Waals surface area contributed by atoms with Gasteiger partial charge in [0, 0.05) is 18.7 Å². The van der Waals surface area contributed by atoms with Crippen LogP contribution >= 0.6 is 0 Å². The van der Waals surface area contributed by atoms with Gasteiger partial charge in [-0.25, -0.2) is 0 Å². The number of hydrogen-bond acceptors (Lipinski definition) is 4. The zero-order valence-corrected chi connectivity index (χ0v) is 13.1. The van der Waals surface area contributed by atoms with E-state index in [4.69, 9.17) is 4.74 Å². The highest BCUT2D eigenvalue weighted by Crippen LogP contribution is 2.21. The van der Waals surface area contributed by atoms with E-state index in [1.54, 1.807) is 55.6 Å². The zero-order valence-electron chi connectivity index (χ0n) is 13.1. The molecule has 1 aliphatic rings. The molecule has 3 rings (SSSR count). The average molecular weight is 324 g/mol. The van der Waals surface area contributed by atoms with E-state index in [9.17, 15) is 14.4 Å². The summed E-state index contributed by atoms with van der Waals surface area (Å²) in [5.74, 6) is -0.254. The summed E-state index contributed by atoms with van der Waals surface area (Å²) in [6.45, 7) is 0.324. The summed E-state index contributed by atoms with van der Waals surface area (Å²) < 4.78 is 5.04. The fourth-order valence-corrected chi connectivity index (χ4v) is 2.57. The summed E-state index contributed by atoms with van der Waals surface area (Å²) in [6.07, 6.45) is 0. The summed E-state index contributed by atoms with van der Waals surface area (Å²) in [5, 5.41) is 2.71. The van der Waals surface area contributed by atoms with Crippen molar-refractivity contribution < 1.29 is 19.1 Å². The first-order valence-corrected chi connectivity index (χ1v) is 7.49. The van der Waals surface area contributed by atoms with Gasteiger partial charge in [-0.1, -0.05) is 12.1 Å². The first kappa shape index (κ1) is 15.7. The third-order valence-electron chi connectivity index (χ3n) is 3.85. The number of benzene rings is 2. The number of methoxy groups -OCH3 is 1. The molecule has 24 heavy (non-hydrogen) atoms. The van der Waals surface area contributed by atoms with Gasteiger partial charge in [-0.2, -0.15) is 0 Å². The van der Waals surface area contributed by atoms with Gasteiger partial charge in [0.2, 0.25) is 0 Å². The van der Waals surface area contributed by atoms with Crippen LogP contribution in [0.1, 0.15) is 31.1 Å². The van der Waals surface area contributed by atoms with Gasteiger partial charge in [0.1, 0.15) is 5.75 Å². The van der Waals surface area contributed by atoms with E-state index in [1.807, 2.05) is 0 Å². The molecular formula is C18H16N2O4. The van der Waals surface area contributed by atoms with Crippen molar-refractivity contribution in [1.82, 2.24) is 10.2 Å². The standard InChI is InChI=1S/C18H16N2O4/c1-24-13-8-6-12(7-9-13)16(21)19-10-11-20-17(22)14-4-2-3-5-15(14)18(20)23/h2-9H,10-11H2,1H3,(H,19,21). The molecule has 1 N–H and O–H groups in total. The summed E-state index contributed by atoms with van der Waals surface area (Å²) in [7, 11) is 1.55. The van der Waals surface area contributed by atoms with Crippen molar-refractivity contribution in [1.29, 1.82) is 0 Å². The lowest BCUT2D eigenvalue weighted by atomic mass is 10.1. The Labute approximate surface area is 139 Å². The summed E-state index contributed by atoms with van der Waals surface area (Å²) >= 11 is 0. The number of nitrogens with one attached hydrogen (secondary N) is 1. The highest BCUT2D eigenvalue weighted by molar-refractivity contribution is 6.21. The van der Waals surface area contributed by atoms with Crippen LogP contribution in [0.4, 0.5) is 0 Å². The maximum atomic E-state index is 12.2. The molecule has 0 atom stereocenters. The summed E-state index contributed by atoms with van der Waals surface area (Å²) in [5.41, 5.74) is 1.30. The maximum Gasteiger partial charge on any atom is 0.261 e. The predicted molar refractivity (Wildman–Crippen MR) is 87.1 cm³/mol. The van der Waals surface area contributed by atoms with Crippen LogP contribution < -0.4 is 10.1 Å². The van der Waals surface area contributed by atoms with E-state index in [0.29, 0.717) is 22.4 Å². The highest BCUT2D eigenvalue weighted by Gasteiger charge is 2.34. The zero-order chi connectivity index (χ0) is 17.1. The minimum Gasteiger partial charge on any atom is -0.497 e. The van der Waals surface area contributed by atoms with Crippen LogP contribution in [0.15, 0.2) is 48.5 Å². The first-order chi connectivity index (χ1) is 11.6. The number of amides is 3. The molecule has 122 valence electrons. The van der Waals surface area contributed by atoms with Crippen LogP contribution in [0, 0.1) is 0 Å². The summed E-state index contributed by atoms with van der Waals surface area (Å²) in [4.78, 5) is 37.6. The molecule has 0 fully saturated rings. The lowest BCUT2D eigenvalue weighted by Gasteiger charge is -2.14. The Balaban J connectivity index is 1.58. The molecule has 0 bridgehead atoms. The quantitative estimate of drug-likeness (QED) is 0.850. The van der Waals surface area contributed by atoms with Crippen molar-refractivity contribution in [3.8, 4) is 5.75 Å². The van der Waals surface area contributed by atoms with Gasteiger partial charge in [-0.15, -0.1) is 0 Å². The number of carbonyl (C=O) groups is 3. The SMILES string of the molecule is COc1ccc(C(=O)NCCN2C(=O)c3ccccc3C2=O)cc1. The summed E-state index contributed by atoms with van der Waals surface area (Å²) in [6, 6.07) is 13.4. The Bertz CT molecular complexity index is 764. The van der Waals surface area contributed by atoms with E-state index in [0.717, 1.165) is 4.90 Å². The second kappa shape index (κ2) is 6.54. The third kappa shape index (κ3) is 2.86. The number of fused-ring (bicyclic) bond motifs is 1. The molecule has 1 aliphatic heterocycles. The van der Waals surface area contributed by atoms with Crippen LogP contribution in [0.2, 0.25) is 0 Å². The van der Waals surface area contributed by atoms with Gasteiger partial charge >= 0.3 is 0 Å². The van der Waals surface area contributed by atoms with E-state index in [2.05, 4.69) is 5.32 Å². The molecule has 2 aromatic rings. The molecule has 0 aliphatic carbocycles. The maximum absolute atomic E-state index is 12.2. The third-order valence-corrected chi connectivity index (χ3v) is 3.85. The van der Waals surface area contributed by atoms with Crippen LogP contribution in [0.25, 0.3) is 0 Å². The number of ether oxygens (including phenoxy) is 1. The van der Waals surface area contributed by atoms with E-state index < -0.39 is 0 Å². The Kier molecular flexibility index (Phi) is 4.29. The lowest BCUT2D eigenvalue weighted by Crippen LogP contribution is -2.38. The van der Waals surface area contributed by atoms with Gasteiger partial charge in [0.25, 0.3) is 17.7 Å². The topological polar surface area (TPSA) is 75.7 Å². The number of rotatable bonds is 5. The minimum atomic E-state index is -0.325. The second-order valence-electron chi connectivity index (χ2n) is 5.29. The molecule has 6 heteroatoms. The van der Waals surface area contributed by atoms with E-state index >= 15 is 0 Å². The average Bonchev–Trinajstić information content (AvgIpc) is 2.87. The lowest BCUT2D eigenvalue weighted by molar-refractivity contribution is 0.0650. The first-order valence-electron chi connectivity index (χ1n) is 7.49. The molecular weight excluding hydrogens is 308 g/mol. The van der Waals surface area contributed by atoms with Crippen molar-refractivity contribution in [2.24, 2.45) is 0 Å². The Morgan fingerprint density at radius 1 is 1.00 bits per heavy atom. The largest absolute Gasteiger partial charge is 0.497 e. The van der Waals surface area contributed by atoms with Crippen molar-refractivity contribution in [2.45, 2.75) is 0 Å². The van der Waals surface area contributed by atoms with Crippen molar-refractivity contribution >= 4 is 17.7 Å². The molecule has 0 unspecified atom stereocenters. The molecule has 0 aromatic heterocycles. The number of carbonyl (C=O) groups excluding carboxylic acids is 3. The van der Waals surface area contributed by atoms with Crippen molar-refractivity contribution in [2.75, 3.05) is 20.2 Å². The van der Waals surface area contributed by atoms with Crippen molar-refractivity contribution in [3.05, 3.63) is 65.2 Å². The van der Waals surface area contributed by atoms with Crippen LogP contribution in [0.5, 0.6) is 5.75 Å². The van der Waals surface area contributed by atoms with Gasteiger partial charge < -0.3 is 10.1 Å². The van der Waals surface area contributed by atoms with Crippen LogP contribution in [-0.2, 0) is 0 Å². The molecule has 6 nitrogen and oxygen atoms in total. The van der Waals surface area contributed by atoms with Crippen LogP contribution in [0.3, 0.4) is 0 Å². The molecule has 0 radical (unpaired) electrons. The Morgan fingerprint density at radius 2 is 1.58 bits per heavy atom. The number of hydrogen-bond donors (Lipinski definition) is 1. The van der Waals surface area contributed by atoms with Crippen molar-refractivity contribution in [3.63, 3.8) is 0 Å². The molecule has 0 saturated heterocycles. The Hall–Kier alpha value is -3.15. The normalized spacial score (nSPS) is 13.0. The fraction of sp³-hybridized carbons (Fsp3) is 0.167. The molecule has 3 amide bonds. The molecule has 0 saturated carbocycles. The minimum absolute atomic E-state index is 0.133. The van der Waals surface area contributed by atoms with Gasteiger partial charge in [0.05, 0.1) is 18.2 Å². The van der Waals surface area contributed by atoms with E-state index in [1.165, 1.54) is 0 Å². The smallest absolute Gasteiger partial charge is 0.261 e. The Morgan fingerprint density at radius 3 is 2.12 bits per heavy atom. The molecule has 2 aromatic carbocycles. The second-order valence-corrected chi connectivity index (χ2v) is 5.29. The highest BCUT2D eigenvalue weighted by atomic mass is 16.5. The van der Waals surface area contributed by atoms with Gasteiger partial charge in [0.15, 0.2) is 0 Å². The van der Waals surface area contributed by atoms with Gasteiger partial charge in [-0.3, -0.25) is 19.3 Å². The number of nitrogens with zero attached hydrogens (tertiary/aromatic N) is 1. The van der Waals surface area contributed by atoms with E-state index in [-0.39, 0.29) is 30.8 Å². The number of imide groups is 1.